The molecule has 0 aliphatic carbocycles. The van der Waals surface area contributed by atoms with E-state index < -0.39 is 11.8 Å². The fourth-order valence-electron chi connectivity index (χ4n) is 2.46. The van der Waals surface area contributed by atoms with Crippen LogP contribution in [-0.2, 0) is 14.3 Å². The van der Waals surface area contributed by atoms with E-state index in [-0.39, 0.29) is 0 Å². The van der Waals surface area contributed by atoms with Crippen LogP contribution in [0.15, 0.2) is 12.2 Å². The second-order valence-corrected chi connectivity index (χ2v) is 5.94. The number of carbonyl (C=O) groups is 2. The maximum Gasteiger partial charge on any atom is 0.378 e. The molecule has 128 valence electrons. The van der Waals surface area contributed by atoms with Gasteiger partial charge in [-0.15, -0.1) is 0 Å². The van der Waals surface area contributed by atoms with Crippen molar-refractivity contribution in [2.24, 2.45) is 0 Å². The predicted octanol–water partition coefficient (Wildman–Crippen LogP) is 5.38. The molecule has 0 radical (unpaired) electrons. The summed E-state index contributed by atoms with van der Waals surface area (Å²) in [7, 11) is 1.22. The molecule has 3 nitrogen and oxygen atoms in total. The van der Waals surface area contributed by atoms with Gasteiger partial charge in [-0.3, -0.25) is 4.79 Å². The van der Waals surface area contributed by atoms with Gasteiger partial charge in [0.05, 0.1) is 7.11 Å². The Morgan fingerprint density at radius 2 is 1.23 bits per heavy atom. The van der Waals surface area contributed by atoms with Gasteiger partial charge in [-0.1, -0.05) is 83.6 Å². The average Bonchev–Trinajstić information content (AvgIpc) is 2.54. The third-order valence-electron chi connectivity index (χ3n) is 3.88. The number of allylic oxidation sites excluding steroid dienone is 1. The van der Waals surface area contributed by atoms with E-state index in [1.807, 2.05) is 0 Å². The summed E-state index contributed by atoms with van der Waals surface area (Å²) in [6.07, 6.45) is 19.9. The maximum atomic E-state index is 11.1. The number of esters is 1. The molecule has 22 heavy (non-hydrogen) atoms. The molecule has 0 bridgehead atoms. The molecule has 0 aliphatic heterocycles. The van der Waals surface area contributed by atoms with Gasteiger partial charge >= 0.3 is 5.97 Å². The molecule has 0 N–H and O–H groups in total. The SMILES string of the molecule is CCCCCCCCCCCCCC/C=C/C(=O)C(=O)OC. The van der Waals surface area contributed by atoms with E-state index >= 15 is 0 Å². The molecule has 3 heteroatoms. The summed E-state index contributed by atoms with van der Waals surface area (Å²) in [6.45, 7) is 2.26. The number of unbranched alkanes of at least 4 members (excludes halogenated alkanes) is 12. The van der Waals surface area contributed by atoms with Crippen LogP contribution in [0, 0.1) is 0 Å². The monoisotopic (exact) mass is 310 g/mol. The van der Waals surface area contributed by atoms with Gasteiger partial charge in [0.25, 0.3) is 5.78 Å². The molecular formula is C19H34O3. The minimum Gasteiger partial charge on any atom is -0.463 e. The van der Waals surface area contributed by atoms with Crippen molar-refractivity contribution in [1.29, 1.82) is 0 Å². The Balaban J connectivity index is 3.22. The van der Waals surface area contributed by atoms with Gasteiger partial charge in [0.2, 0.25) is 0 Å². The summed E-state index contributed by atoms with van der Waals surface area (Å²) >= 11 is 0. The summed E-state index contributed by atoms with van der Waals surface area (Å²) in [5, 5.41) is 0. The van der Waals surface area contributed by atoms with Crippen molar-refractivity contribution in [2.45, 2.75) is 90.4 Å². The number of ketones is 1. The fourth-order valence-corrected chi connectivity index (χ4v) is 2.46. The highest BCUT2D eigenvalue weighted by Gasteiger charge is 2.08. The van der Waals surface area contributed by atoms with Gasteiger partial charge in [0, 0.05) is 0 Å². The fraction of sp³-hybridized carbons (Fsp3) is 0.789. The number of rotatable bonds is 15. The Hall–Kier alpha value is -1.12. The van der Waals surface area contributed by atoms with E-state index in [1.165, 1.54) is 83.8 Å². The van der Waals surface area contributed by atoms with Crippen LogP contribution in [0.25, 0.3) is 0 Å². The van der Waals surface area contributed by atoms with Gasteiger partial charge in [-0.2, -0.15) is 0 Å². The molecule has 0 rings (SSSR count). The van der Waals surface area contributed by atoms with E-state index in [4.69, 9.17) is 0 Å². The van der Waals surface area contributed by atoms with Crippen LogP contribution < -0.4 is 0 Å². The highest BCUT2D eigenvalue weighted by Crippen LogP contribution is 2.12. The smallest absolute Gasteiger partial charge is 0.378 e. The van der Waals surface area contributed by atoms with Crippen molar-refractivity contribution in [3.05, 3.63) is 12.2 Å². The largest absolute Gasteiger partial charge is 0.463 e. The van der Waals surface area contributed by atoms with Crippen LogP contribution in [-0.4, -0.2) is 18.9 Å². The normalized spacial score (nSPS) is 11.0. The van der Waals surface area contributed by atoms with Gasteiger partial charge in [0.1, 0.15) is 0 Å². The molecule has 0 saturated heterocycles. The zero-order valence-corrected chi connectivity index (χ0v) is 14.6. The quantitative estimate of drug-likeness (QED) is 0.177. The molecule has 0 aromatic carbocycles. The first-order valence-corrected chi connectivity index (χ1v) is 9.01. The van der Waals surface area contributed by atoms with Crippen LogP contribution in [0.4, 0.5) is 0 Å². The molecule has 0 unspecified atom stereocenters. The first-order chi connectivity index (χ1) is 10.7. The van der Waals surface area contributed by atoms with Crippen molar-refractivity contribution < 1.29 is 14.3 Å². The lowest BCUT2D eigenvalue weighted by Gasteiger charge is -2.02. The van der Waals surface area contributed by atoms with Crippen molar-refractivity contribution in [2.75, 3.05) is 7.11 Å². The topological polar surface area (TPSA) is 43.4 Å². The van der Waals surface area contributed by atoms with Crippen LogP contribution in [0.1, 0.15) is 90.4 Å². The third kappa shape index (κ3) is 13.8. The second-order valence-electron chi connectivity index (χ2n) is 5.94. The maximum absolute atomic E-state index is 11.1. The molecule has 0 aromatic heterocycles. The summed E-state index contributed by atoms with van der Waals surface area (Å²) < 4.78 is 4.34. The molecule has 0 atom stereocenters. The van der Waals surface area contributed by atoms with Crippen LogP contribution >= 0.6 is 0 Å². The first kappa shape index (κ1) is 20.9. The number of ether oxygens (including phenoxy) is 1. The Morgan fingerprint density at radius 1 is 0.773 bits per heavy atom. The summed E-state index contributed by atoms with van der Waals surface area (Å²) in [5.74, 6) is -1.35. The summed E-state index contributed by atoms with van der Waals surface area (Å²) in [6, 6.07) is 0. The summed E-state index contributed by atoms with van der Waals surface area (Å²) in [4.78, 5) is 22.0. The summed E-state index contributed by atoms with van der Waals surface area (Å²) in [5.41, 5.74) is 0. The lowest BCUT2D eigenvalue weighted by Crippen LogP contribution is -2.12. The Bertz CT molecular complexity index is 308. The molecule has 0 amide bonds. The standard InChI is InChI=1S/C19H34O3/c1-3-4-5-6-7-8-9-10-11-12-13-14-15-16-17-18(20)19(21)22-2/h16-17H,3-15H2,1-2H3/b17-16+. The Morgan fingerprint density at radius 3 is 1.68 bits per heavy atom. The zero-order chi connectivity index (χ0) is 16.5. The van der Waals surface area contributed by atoms with Gasteiger partial charge < -0.3 is 4.74 Å². The molecule has 0 heterocycles. The molecule has 0 aliphatic rings. The van der Waals surface area contributed by atoms with Gasteiger partial charge in [-0.05, 0) is 18.9 Å². The minimum absolute atomic E-state index is 0.568. The number of hydrogen-bond acceptors (Lipinski definition) is 3. The molecule has 0 saturated carbocycles. The lowest BCUT2D eigenvalue weighted by atomic mass is 10.0. The van der Waals surface area contributed by atoms with E-state index in [9.17, 15) is 9.59 Å². The van der Waals surface area contributed by atoms with E-state index in [0.717, 1.165) is 12.8 Å². The lowest BCUT2D eigenvalue weighted by molar-refractivity contribution is -0.149. The molecule has 0 fully saturated rings. The van der Waals surface area contributed by atoms with Crippen LogP contribution in [0.5, 0.6) is 0 Å². The predicted molar refractivity (Wildman–Crippen MR) is 91.9 cm³/mol. The van der Waals surface area contributed by atoms with E-state index in [1.54, 1.807) is 6.08 Å². The van der Waals surface area contributed by atoms with Gasteiger partial charge in [-0.25, -0.2) is 4.79 Å². The number of methoxy groups -OCH3 is 1. The zero-order valence-electron chi connectivity index (χ0n) is 14.6. The number of carbonyl (C=O) groups excluding carboxylic acids is 2. The average molecular weight is 310 g/mol. The van der Waals surface area contributed by atoms with Crippen LogP contribution in [0.2, 0.25) is 0 Å². The second kappa shape index (κ2) is 16.3. The highest BCUT2D eigenvalue weighted by molar-refractivity contribution is 6.38. The molecular weight excluding hydrogens is 276 g/mol. The van der Waals surface area contributed by atoms with Gasteiger partial charge in [0.15, 0.2) is 0 Å². The highest BCUT2D eigenvalue weighted by atomic mass is 16.5. The van der Waals surface area contributed by atoms with Crippen molar-refractivity contribution >= 4 is 11.8 Å². The minimum atomic E-state index is -0.786. The van der Waals surface area contributed by atoms with Crippen molar-refractivity contribution in [3.63, 3.8) is 0 Å². The van der Waals surface area contributed by atoms with Crippen LogP contribution in [0.3, 0.4) is 0 Å². The molecule has 0 spiro atoms. The Kier molecular flexibility index (Phi) is 15.4. The van der Waals surface area contributed by atoms with Crippen molar-refractivity contribution in [3.8, 4) is 0 Å². The van der Waals surface area contributed by atoms with E-state index in [0.29, 0.717) is 0 Å². The van der Waals surface area contributed by atoms with E-state index in [2.05, 4.69) is 11.7 Å². The first-order valence-electron chi connectivity index (χ1n) is 9.01. The third-order valence-corrected chi connectivity index (χ3v) is 3.88. The molecule has 0 aromatic rings. The van der Waals surface area contributed by atoms with Crippen molar-refractivity contribution in [1.82, 2.24) is 0 Å². The Labute approximate surface area is 136 Å². The number of hydrogen-bond donors (Lipinski definition) is 0.